The Labute approximate surface area is 76.2 Å². The smallest absolute Gasteiger partial charge is 0.155 e. The third-order valence-electron chi connectivity index (χ3n) is 1.29. The molecule has 0 fully saturated rings. The van der Waals surface area contributed by atoms with E-state index in [1.807, 2.05) is 6.92 Å². The van der Waals surface area contributed by atoms with Crippen molar-refractivity contribution in [2.45, 2.75) is 6.92 Å². The van der Waals surface area contributed by atoms with E-state index in [-0.39, 0.29) is 11.6 Å². The van der Waals surface area contributed by atoms with Gasteiger partial charge in [0.1, 0.15) is 5.75 Å². The van der Waals surface area contributed by atoms with Crippen molar-refractivity contribution in [3.05, 3.63) is 23.5 Å². The normalized spacial score (nSPS) is 8.83. The molecule has 12 heavy (non-hydrogen) atoms. The number of pyridine rings is 1. The van der Waals surface area contributed by atoms with Crippen LogP contribution in [-0.4, -0.2) is 16.0 Å². The van der Waals surface area contributed by atoms with Crippen molar-refractivity contribution < 1.29 is 5.11 Å². The number of nitrogens with zero attached hydrogens (tertiary/aromatic N) is 1. The molecule has 0 unspecified atom stereocenters. The Morgan fingerprint density at radius 2 is 2.33 bits per heavy atom. The lowest BCUT2D eigenvalue weighted by Crippen LogP contribution is -1.86. The van der Waals surface area contributed by atoms with Crippen LogP contribution in [0.3, 0.4) is 0 Å². The Hall–Kier alpha value is -1.20. The van der Waals surface area contributed by atoms with Crippen LogP contribution in [0, 0.1) is 18.8 Å². The zero-order valence-corrected chi connectivity index (χ0v) is 7.39. The monoisotopic (exact) mass is 181 g/mol. The summed E-state index contributed by atoms with van der Waals surface area (Å²) >= 11 is 5.36. The average molecular weight is 182 g/mol. The summed E-state index contributed by atoms with van der Waals surface area (Å²) in [4.78, 5) is 4.03. The molecule has 0 aliphatic rings. The Morgan fingerprint density at radius 3 is 3.00 bits per heavy atom. The fourth-order valence-electron chi connectivity index (χ4n) is 0.758. The summed E-state index contributed by atoms with van der Waals surface area (Å²) < 4.78 is 0. The molecule has 0 bridgehead atoms. The van der Waals surface area contributed by atoms with Gasteiger partial charge in [0.05, 0.1) is 5.88 Å². The van der Waals surface area contributed by atoms with E-state index in [0.717, 1.165) is 5.69 Å². The molecule has 1 heterocycles. The van der Waals surface area contributed by atoms with Gasteiger partial charge < -0.3 is 5.11 Å². The van der Waals surface area contributed by atoms with Gasteiger partial charge in [-0.3, -0.25) is 0 Å². The van der Waals surface area contributed by atoms with E-state index >= 15 is 0 Å². The van der Waals surface area contributed by atoms with Crippen LogP contribution < -0.4 is 0 Å². The van der Waals surface area contributed by atoms with Crippen LogP contribution in [0.25, 0.3) is 0 Å². The van der Waals surface area contributed by atoms with E-state index in [1.54, 1.807) is 12.1 Å². The van der Waals surface area contributed by atoms with E-state index < -0.39 is 0 Å². The maximum atomic E-state index is 9.25. The van der Waals surface area contributed by atoms with Crippen molar-refractivity contribution in [1.29, 1.82) is 0 Å². The second-order valence-electron chi connectivity index (χ2n) is 2.26. The molecule has 0 spiro atoms. The number of aromatic hydroxyl groups is 1. The van der Waals surface area contributed by atoms with Gasteiger partial charge in [0.2, 0.25) is 0 Å². The highest BCUT2D eigenvalue weighted by molar-refractivity contribution is 6.19. The van der Waals surface area contributed by atoms with E-state index in [2.05, 4.69) is 16.8 Å². The number of alkyl halides is 1. The van der Waals surface area contributed by atoms with E-state index in [1.165, 1.54) is 0 Å². The lowest BCUT2D eigenvalue weighted by Gasteiger charge is -1.96. The van der Waals surface area contributed by atoms with Gasteiger partial charge in [0, 0.05) is 5.69 Å². The molecule has 1 aromatic rings. The van der Waals surface area contributed by atoms with Gasteiger partial charge in [0.15, 0.2) is 5.69 Å². The van der Waals surface area contributed by atoms with Gasteiger partial charge in [-0.15, -0.1) is 11.6 Å². The van der Waals surface area contributed by atoms with Gasteiger partial charge in [-0.2, -0.15) is 0 Å². The first-order valence-electron chi connectivity index (χ1n) is 3.45. The molecule has 0 atom stereocenters. The third kappa shape index (κ3) is 2.14. The zero-order chi connectivity index (χ0) is 8.97. The van der Waals surface area contributed by atoms with Gasteiger partial charge in [0.25, 0.3) is 0 Å². The SMILES string of the molecule is Cc1ccc(O)c(C#CCCl)n1. The molecule has 1 N–H and O–H groups in total. The van der Waals surface area contributed by atoms with Crippen molar-refractivity contribution in [2.75, 3.05) is 5.88 Å². The predicted octanol–water partition coefficient (Wildman–Crippen LogP) is 1.69. The maximum Gasteiger partial charge on any atom is 0.155 e. The quantitative estimate of drug-likeness (QED) is 0.488. The molecule has 62 valence electrons. The van der Waals surface area contributed by atoms with E-state index in [9.17, 15) is 5.11 Å². The maximum absolute atomic E-state index is 9.25. The Kier molecular flexibility index (Phi) is 2.95. The minimum Gasteiger partial charge on any atom is -0.505 e. The van der Waals surface area contributed by atoms with Gasteiger partial charge >= 0.3 is 0 Å². The molecule has 0 saturated carbocycles. The molecule has 0 amide bonds. The van der Waals surface area contributed by atoms with Crippen LogP contribution in [0.15, 0.2) is 12.1 Å². The van der Waals surface area contributed by atoms with Crippen molar-refractivity contribution in [3.8, 4) is 17.6 Å². The summed E-state index contributed by atoms with van der Waals surface area (Å²) in [6, 6.07) is 3.29. The number of halogens is 1. The van der Waals surface area contributed by atoms with E-state index in [0.29, 0.717) is 5.69 Å². The fourth-order valence-corrected chi connectivity index (χ4v) is 0.825. The highest BCUT2D eigenvalue weighted by atomic mass is 35.5. The summed E-state index contributed by atoms with van der Waals surface area (Å²) in [6.45, 7) is 1.84. The number of rotatable bonds is 0. The molecular formula is C9H8ClNO. The molecule has 1 rings (SSSR count). The second kappa shape index (κ2) is 3.99. The lowest BCUT2D eigenvalue weighted by atomic mass is 10.3. The van der Waals surface area contributed by atoms with Gasteiger partial charge in [-0.25, -0.2) is 4.98 Å². The van der Waals surface area contributed by atoms with Crippen molar-refractivity contribution in [1.82, 2.24) is 4.98 Å². The third-order valence-corrected chi connectivity index (χ3v) is 1.42. The minimum absolute atomic E-state index is 0.0956. The van der Waals surface area contributed by atoms with Gasteiger partial charge in [-0.1, -0.05) is 5.92 Å². The van der Waals surface area contributed by atoms with Crippen molar-refractivity contribution >= 4 is 11.6 Å². The molecule has 2 nitrogen and oxygen atoms in total. The fraction of sp³-hybridized carbons (Fsp3) is 0.222. The largest absolute Gasteiger partial charge is 0.505 e. The molecule has 3 heteroatoms. The minimum atomic E-state index is 0.0956. The van der Waals surface area contributed by atoms with Crippen LogP contribution in [-0.2, 0) is 0 Å². The first kappa shape index (κ1) is 8.89. The Morgan fingerprint density at radius 1 is 1.58 bits per heavy atom. The number of hydrogen-bond donors (Lipinski definition) is 1. The summed E-state index contributed by atoms with van der Waals surface area (Å²) in [5, 5.41) is 9.25. The molecule has 0 radical (unpaired) electrons. The molecule has 0 aromatic carbocycles. The Balaban J connectivity index is 3.05. The highest BCUT2D eigenvalue weighted by Crippen LogP contribution is 2.12. The lowest BCUT2D eigenvalue weighted by molar-refractivity contribution is 0.470. The van der Waals surface area contributed by atoms with Crippen molar-refractivity contribution in [3.63, 3.8) is 0 Å². The topological polar surface area (TPSA) is 33.1 Å². The highest BCUT2D eigenvalue weighted by Gasteiger charge is 1.97. The summed E-state index contributed by atoms with van der Waals surface area (Å²) in [7, 11) is 0. The van der Waals surface area contributed by atoms with Crippen LogP contribution >= 0.6 is 11.6 Å². The average Bonchev–Trinajstić information content (AvgIpc) is 2.07. The van der Waals surface area contributed by atoms with E-state index in [4.69, 9.17) is 11.6 Å². The van der Waals surface area contributed by atoms with Crippen LogP contribution in [0.1, 0.15) is 11.4 Å². The standard InChI is InChI=1S/C9H8ClNO/c1-7-4-5-9(12)8(11-7)3-2-6-10/h4-5,12H,6H2,1H3. The first-order valence-corrected chi connectivity index (χ1v) is 3.99. The van der Waals surface area contributed by atoms with Crippen molar-refractivity contribution in [2.24, 2.45) is 0 Å². The number of aromatic nitrogens is 1. The molecule has 1 aromatic heterocycles. The summed E-state index contributed by atoms with van der Waals surface area (Å²) in [5.41, 5.74) is 1.21. The number of aryl methyl sites for hydroxylation is 1. The second-order valence-corrected chi connectivity index (χ2v) is 2.52. The molecule has 0 saturated heterocycles. The molecular weight excluding hydrogens is 174 g/mol. The summed E-state index contributed by atoms with van der Waals surface area (Å²) in [5.74, 6) is 5.63. The zero-order valence-electron chi connectivity index (χ0n) is 6.63. The van der Waals surface area contributed by atoms with Crippen LogP contribution in [0.2, 0.25) is 0 Å². The van der Waals surface area contributed by atoms with Crippen LogP contribution in [0.4, 0.5) is 0 Å². The first-order chi connectivity index (χ1) is 5.74. The molecule has 0 aliphatic carbocycles. The number of hydrogen-bond acceptors (Lipinski definition) is 2. The summed E-state index contributed by atoms with van der Waals surface area (Å²) in [6.07, 6.45) is 0. The molecule has 0 aliphatic heterocycles. The predicted molar refractivity (Wildman–Crippen MR) is 48.2 cm³/mol. The Bertz CT molecular complexity index is 338. The van der Waals surface area contributed by atoms with Gasteiger partial charge in [-0.05, 0) is 25.0 Å². The van der Waals surface area contributed by atoms with Crippen LogP contribution in [0.5, 0.6) is 5.75 Å².